The molecule has 0 saturated heterocycles. The van der Waals surface area contributed by atoms with E-state index < -0.39 is 0 Å². The van der Waals surface area contributed by atoms with Gasteiger partial charge < -0.3 is 10.2 Å². The fourth-order valence-electron chi connectivity index (χ4n) is 1.91. The topological polar surface area (TPSA) is 52.0 Å². The number of hydrogen-bond acceptors (Lipinski definition) is 3. The highest BCUT2D eigenvalue weighted by Gasteiger charge is 2.26. The first-order valence-electron chi connectivity index (χ1n) is 4.47. The molecule has 0 amide bonds. The number of aromatic nitrogens is 1. The van der Waals surface area contributed by atoms with Crippen LogP contribution in [0.15, 0.2) is 4.42 Å². The minimum absolute atomic E-state index is 0.558. The van der Waals surface area contributed by atoms with Gasteiger partial charge in [-0.2, -0.15) is 0 Å². The fraction of sp³-hybridized carbons (Fsp3) is 0.667. The van der Waals surface area contributed by atoms with Gasteiger partial charge in [-0.15, -0.1) is 0 Å². The van der Waals surface area contributed by atoms with Crippen molar-refractivity contribution in [2.45, 2.75) is 32.1 Å². The zero-order valence-corrected chi connectivity index (χ0v) is 7.34. The molecule has 12 heavy (non-hydrogen) atoms. The first kappa shape index (κ1) is 7.80. The lowest BCUT2D eigenvalue weighted by molar-refractivity contribution is 0.473. The number of nitrogens with zero attached hydrogens (tertiary/aromatic N) is 1. The molecule has 1 atom stereocenters. The Balaban J connectivity index is 2.22. The minimum atomic E-state index is 0.558. The van der Waals surface area contributed by atoms with Gasteiger partial charge in [0, 0.05) is 19.3 Å². The summed E-state index contributed by atoms with van der Waals surface area (Å²) in [5.41, 5.74) is 6.68. The number of nitrogens with two attached hydrogens (primary N) is 1. The van der Waals surface area contributed by atoms with Gasteiger partial charge in [-0.25, -0.2) is 4.98 Å². The average molecular weight is 166 g/mol. The van der Waals surface area contributed by atoms with E-state index in [2.05, 4.69) is 4.98 Å². The van der Waals surface area contributed by atoms with Crippen molar-refractivity contribution in [3.05, 3.63) is 17.3 Å². The molecule has 66 valence electrons. The van der Waals surface area contributed by atoms with Gasteiger partial charge >= 0.3 is 0 Å². The van der Waals surface area contributed by atoms with Crippen molar-refractivity contribution in [3.8, 4) is 0 Å². The molecule has 1 aliphatic rings. The van der Waals surface area contributed by atoms with E-state index in [0.717, 1.165) is 36.7 Å². The monoisotopic (exact) mass is 166 g/mol. The number of oxazole rings is 1. The number of fused-ring (bicyclic) bond motifs is 1. The third-order valence-electron chi connectivity index (χ3n) is 2.46. The summed E-state index contributed by atoms with van der Waals surface area (Å²) in [6, 6.07) is 0. The molecule has 0 spiro atoms. The van der Waals surface area contributed by atoms with E-state index in [1.807, 2.05) is 6.92 Å². The number of rotatable bonds is 2. The molecule has 0 saturated carbocycles. The second-order valence-electron chi connectivity index (χ2n) is 3.35. The Morgan fingerprint density at radius 2 is 2.50 bits per heavy atom. The second kappa shape index (κ2) is 2.90. The maximum Gasteiger partial charge on any atom is 0.191 e. The van der Waals surface area contributed by atoms with Crippen molar-refractivity contribution in [2.24, 2.45) is 5.73 Å². The molecule has 1 aromatic rings. The van der Waals surface area contributed by atoms with Gasteiger partial charge in [-0.1, -0.05) is 0 Å². The Morgan fingerprint density at radius 3 is 3.25 bits per heavy atom. The second-order valence-corrected chi connectivity index (χ2v) is 3.35. The van der Waals surface area contributed by atoms with Gasteiger partial charge in [0.25, 0.3) is 0 Å². The molecule has 0 bridgehead atoms. The molecular formula is C9H14N2O. The third-order valence-corrected chi connectivity index (χ3v) is 2.46. The summed E-state index contributed by atoms with van der Waals surface area (Å²) >= 11 is 0. The van der Waals surface area contributed by atoms with Crippen LogP contribution in [-0.4, -0.2) is 11.5 Å². The molecule has 0 aromatic carbocycles. The molecule has 3 nitrogen and oxygen atoms in total. The highest BCUT2D eigenvalue weighted by Crippen LogP contribution is 2.34. The molecule has 1 aromatic heterocycles. The van der Waals surface area contributed by atoms with E-state index in [1.54, 1.807) is 0 Å². The van der Waals surface area contributed by atoms with Crippen LogP contribution in [0.3, 0.4) is 0 Å². The van der Waals surface area contributed by atoms with Crippen LogP contribution < -0.4 is 5.73 Å². The van der Waals surface area contributed by atoms with Gasteiger partial charge in [-0.05, 0) is 19.4 Å². The van der Waals surface area contributed by atoms with Crippen LogP contribution in [0.2, 0.25) is 0 Å². The van der Waals surface area contributed by atoms with E-state index in [-0.39, 0.29) is 0 Å². The molecule has 1 unspecified atom stereocenters. The predicted octanol–water partition coefficient (Wildman–Crippen LogP) is 1.36. The summed E-state index contributed by atoms with van der Waals surface area (Å²) in [5.74, 6) is 2.44. The third kappa shape index (κ3) is 1.14. The zero-order valence-electron chi connectivity index (χ0n) is 7.34. The summed E-state index contributed by atoms with van der Waals surface area (Å²) in [4.78, 5) is 4.37. The van der Waals surface area contributed by atoms with Crippen LogP contribution in [0.1, 0.15) is 36.1 Å². The van der Waals surface area contributed by atoms with Gasteiger partial charge in [-0.3, -0.25) is 0 Å². The van der Waals surface area contributed by atoms with Crippen molar-refractivity contribution in [2.75, 3.05) is 6.54 Å². The smallest absolute Gasteiger partial charge is 0.191 e. The summed E-state index contributed by atoms with van der Waals surface area (Å²) in [6.45, 7) is 2.65. The molecular weight excluding hydrogens is 152 g/mol. The Labute approximate surface area is 72.0 Å². The maximum absolute atomic E-state index is 5.51. The largest absolute Gasteiger partial charge is 0.446 e. The predicted molar refractivity (Wildman–Crippen MR) is 46.0 cm³/mol. The summed E-state index contributed by atoms with van der Waals surface area (Å²) in [6.07, 6.45) is 3.25. The normalized spacial score (nSPS) is 21.3. The Hall–Kier alpha value is -0.830. The molecule has 2 rings (SSSR count). The van der Waals surface area contributed by atoms with Crippen LogP contribution in [0.25, 0.3) is 0 Å². The first-order valence-corrected chi connectivity index (χ1v) is 4.47. The van der Waals surface area contributed by atoms with Crippen LogP contribution in [-0.2, 0) is 6.42 Å². The van der Waals surface area contributed by atoms with Crippen LogP contribution in [0, 0.1) is 6.92 Å². The fourth-order valence-corrected chi connectivity index (χ4v) is 1.91. The summed E-state index contributed by atoms with van der Waals surface area (Å²) in [5, 5.41) is 0. The van der Waals surface area contributed by atoms with Crippen molar-refractivity contribution >= 4 is 0 Å². The van der Waals surface area contributed by atoms with Crippen LogP contribution >= 0.6 is 0 Å². The van der Waals surface area contributed by atoms with Crippen LogP contribution in [0.5, 0.6) is 0 Å². The Morgan fingerprint density at radius 1 is 1.67 bits per heavy atom. The standard InChI is InChI=1S/C9H14N2O/c1-6-11-9-7(4-5-10)2-3-8(9)12-6/h7H,2-5,10H2,1H3. The molecule has 0 fully saturated rings. The van der Waals surface area contributed by atoms with Crippen molar-refractivity contribution in [3.63, 3.8) is 0 Å². The SMILES string of the molecule is Cc1nc2c(o1)CCC2CCN. The summed E-state index contributed by atoms with van der Waals surface area (Å²) in [7, 11) is 0. The number of aryl methyl sites for hydroxylation is 2. The molecule has 1 aliphatic carbocycles. The Kier molecular flexibility index (Phi) is 1.89. The van der Waals surface area contributed by atoms with Gasteiger partial charge in [0.15, 0.2) is 5.89 Å². The van der Waals surface area contributed by atoms with E-state index in [9.17, 15) is 0 Å². The highest BCUT2D eigenvalue weighted by atomic mass is 16.4. The molecule has 3 heteroatoms. The number of hydrogen-bond donors (Lipinski definition) is 1. The molecule has 0 radical (unpaired) electrons. The first-order chi connectivity index (χ1) is 5.81. The van der Waals surface area contributed by atoms with Gasteiger partial charge in [0.2, 0.25) is 0 Å². The lowest BCUT2D eigenvalue weighted by atomic mass is 10.0. The van der Waals surface area contributed by atoms with Crippen LogP contribution in [0.4, 0.5) is 0 Å². The average Bonchev–Trinajstić information content (AvgIpc) is 2.52. The van der Waals surface area contributed by atoms with Crippen molar-refractivity contribution in [1.29, 1.82) is 0 Å². The zero-order chi connectivity index (χ0) is 8.55. The van der Waals surface area contributed by atoms with Gasteiger partial charge in [0.05, 0.1) is 5.69 Å². The lowest BCUT2D eigenvalue weighted by Gasteiger charge is -2.04. The molecule has 2 N–H and O–H groups in total. The highest BCUT2D eigenvalue weighted by molar-refractivity contribution is 5.21. The minimum Gasteiger partial charge on any atom is -0.446 e. The molecule has 1 heterocycles. The van der Waals surface area contributed by atoms with Crippen molar-refractivity contribution < 1.29 is 4.42 Å². The quantitative estimate of drug-likeness (QED) is 0.721. The lowest BCUT2D eigenvalue weighted by Crippen LogP contribution is -2.05. The van der Waals surface area contributed by atoms with Gasteiger partial charge in [0.1, 0.15) is 5.76 Å². The maximum atomic E-state index is 5.51. The Bertz CT molecular complexity index is 280. The van der Waals surface area contributed by atoms with E-state index >= 15 is 0 Å². The van der Waals surface area contributed by atoms with E-state index in [1.165, 1.54) is 6.42 Å². The summed E-state index contributed by atoms with van der Waals surface area (Å²) < 4.78 is 5.45. The van der Waals surface area contributed by atoms with Crippen molar-refractivity contribution in [1.82, 2.24) is 4.98 Å². The van der Waals surface area contributed by atoms with E-state index in [4.69, 9.17) is 10.2 Å². The molecule has 0 aliphatic heterocycles. The van der Waals surface area contributed by atoms with E-state index in [0.29, 0.717) is 5.92 Å².